The van der Waals surface area contributed by atoms with Gasteiger partial charge in [0.2, 0.25) is 3.53 Å². The Morgan fingerprint density at radius 3 is 2.06 bits per heavy atom. The van der Waals surface area contributed by atoms with E-state index in [1.165, 1.54) is 0 Å². The molecule has 1 N–H and O–H groups in total. The van der Waals surface area contributed by atoms with E-state index in [0.29, 0.717) is 0 Å². The highest BCUT2D eigenvalue weighted by atomic mass is 35.6. The van der Waals surface area contributed by atoms with Crippen molar-refractivity contribution in [3.8, 4) is 5.75 Å². The Morgan fingerprint density at radius 2 is 1.72 bits per heavy atom. The second kappa shape index (κ2) is 6.17. The van der Waals surface area contributed by atoms with Gasteiger partial charge in [-0.05, 0) is 38.4 Å². The molecular weight excluding hydrogens is 334 g/mol. The van der Waals surface area contributed by atoms with Crippen LogP contribution in [0.25, 0.3) is 0 Å². The topological polar surface area (TPSA) is 24.5 Å². The number of anilines is 1. The molecule has 1 aromatic rings. The van der Waals surface area contributed by atoms with Crippen LogP contribution >= 0.6 is 41.1 Å². The van der Waals surface area contributed by atoms with E-state index in [4.69, 9.17) is 51.3 Å². The Kier molecular flexibility index (Phi) is 5.60. The molecule has 0 heterocycles. The molecule has 0 bridgehead atoms. The summed E-state index contributed by atoms with van der Waals surface area (Å²) >= 11 is 23.5. The molecular formula is C10H14Cl3N2OPS. The zero-order valence-electron chi connectivity index (χ0n) is 10.2. The minimum Gasteiger partial charge on any atom is -0.497 e. The maximum Gasteiger partial charge on any atom is 0.248 e. The Morgan fingerprint density at radius 1 is 1.22 bits per heavy atom. The zero-order chi connectivity index (χ0) is 14.0. The van der Waals surface area contributed by atoms with Gasteiger partial charge in [0.15, 0.2) is 0 Å². The average molecular weight is 348 g/mol. The number of alkyl halides is 3. The van der Waals surface area contributed by atoms with Crippen molar-refractivity contribution in [3.05, 3.63) is 24.3 Å². The first-order valence-electron chi connectivity index (χ1n) is 4.97. The summed E-state index contributed by atoms with van der Waals surface area (Å²) in [4.78, 5) is 0. The summed E-state index contributed by atoms with van der Waals surface area (Å²) < 4.78 is 5.28. The van der Waals surface area contributed by atoms with Crippen LogP contribution in [0.3, 0.4) is 0 Å². The third-order valence-electron chi connectivity index (χ3n) is 2.28. The van der Waals surface area contributed by atoms with Gasteiger partial charge >= 0.3 is 0 Å². The Labute approximate surface area is 127 Å². The predicted octanol–water partition coefficient (Wildman–Crippen LogP) is 4.31. The molecule has 0 spiro atoms. The van der Waals surface area contributed by atoms with Crippen LogP contribution in [-0.2, 0) is 11.8 Å². The number of methoxy groups -OCH3 is 1. The van der Waals surface area contributed by atoms with E-state index in [2.05, 4.69) is 5.09 Å². The van der Waals surface area contributed by atoms with Gasteiger partial charge in [-0.15, -0.1) is 0 Å². The lowest BCUT2D eigenvalue weighted by atomic mass is 10.3. The smallest absolute Gasteiger partial charge is 0.248 e. The van der Waals surface area contributed by atoms with Crippen LogP contribution in [0.5, 0.6) is 5.75 Å². The van der Waals surface area contributed by atoms with E-state index >= 15 is 0 Å². The van der Waals surface area contributed by atoms with Crippen molar-refractivity contribution in [2.45, 2.75) is 3.53 Å². The van der Waals surface area contributed by atoms with Gasteiger partial charge in [-0.25, -0.2) is 0 Å². The molecule has 0 radical (unpaired) electrons. The Balaban J connectivity index is 3.01. The molecule has 0 saturated carbocycles. The van der Waals surface area contributed by atoms with Gasteiger partial charge in [-0.2, -0.15) is 0 Å². The highest BCUT2D eigenvalue weighted by Gasteiger charge is 2.41. The molecule has 8 heteroatoms. The van der Waals surface area contributed by atoms with Crippen molar-refractivity contribution in [1.29, 1.82) is 0 Å². The lowest BCUT2D eigenvalue weighted by Gasteiger charge is -2.35. The summed E-state index contributed by atoms with van der Waals surface area (Å²) in [6.45, 7) is 0. The third-order valence-corrected chi connectivity index (χ3v) is 9.83. The van der Waals surface area contributed by atoms with Gasteiger partial charge in [0.25, 0.3) is 0 Å². The maximum absolute atomic E-state index is 5.99. The van der Waals surface area contributed by atoms with Crippen LogP contribution in [0.15, 0.2) is 24.3 Å². The fraction of sp³-hybridized carbons (Fsp3) is 0.400. The van der Waals surface area contributed by atoms with Crippen molar-refractivity contribution < 1.29 is 4.74 Å². The van der Waals surface area contributed by atoms with Crippen molar-refractivity contribution in [2.75, 3.05) is 26.3 Å². The maximum atomic E-state index is 5.99. The summed E-state index contributed by atoms with van der Waals surface area (Å²) in [5.74, 6) is 0.757. The number of hydrogen-bond acceptors (Lipinski definition) is 2. The van der Waals surface area contributed by atoms with Crippen molar-refractivity contribution in [3.63, 3.8) is 0 Å². The van der Waals surface area contributed by atoms with Gasteiger partial charge in [-0.1, -0.05) is 46.6 Å². The van der Waals surface area contributed by atoms with Gasteiger partial charge in [-0.3, -0.25) is 4.67 Å². The van der Waals surface area contributed by atoms with Gasteiger partial charge in [0.1, 0.15) is 12.1 Å². The first-order valence-corrected chi connectivity index (χ1v) is 8.86. The van der Waals surface area contributed by atoms with Gasteiger partial charge in [0.05, 0.1) is 7.11 Å². The fourth-order valence-corrected chi connectivity index (χ4v) is 4.57. The molecule has 0 unspecified atom stereocenters. The molecule has 0 fully saturated rings. The summed E-state index contributed by atoms with van der Waals surface area (Å²) in [6.07, 6.45) is -2.55. The number of nitrogens with one attached hydrogen (secondary N) is 1. The van der Waals surface area contributed by atoms with Crippen LogP contribution < -0.4 is 9.82 Å². The second-order valence-electron chi connectivity index (χ2n) is 3.73. The second-order valence-corrected chi connectivity index (χ2v) is 11.2. The summed E-state index contributed by atoms with van der Waals surface area (Å²) in [5, 5.41) is 3.15. The van der Waals surface area contributed by atoms with Crippen LogP contribution in [0.2, 0.25) is 0 Å². The molecule has 1 atom stereocenters. The molecule has 102 valence electrons. The molecule has 0 aromatic heterocycles. The molecule has 1 aromatic carbocycles. The normalized spacial score (nSPS) is 15.3. The summed E-state index contributed by atoms with van der Waals surface area (Å²) in [6, 6.07) is 7.30. The van der Waals surface area contributed by atoms with Crippen LogP contribution in [0.1, 0.15) is 0 Å². The van der Waals surface area contributed by atoms with Crippen molar-refractivity contribution >= 4 is 58.6 Å². The third kappa shape index (κ3) is 3.66. The minimum absolute atomic E-state index is 0.757. The highest BCUT2D eigenvalue weighted by Crippen LogP contribution is 2.65. The number of rotatable bonds is 4. The van der Waals surface area contributed by atoms with Crippen LogP contribution in [-0.4, -0.2) is 29.4 Å². The number of halogens is 3. The standard InChI is InChI=1S/C10H14Cl3N2OPS/c1-15(2)17(18,10(11,12)13)14-8-4-6-9(16-3)7-5-8/h4-7H,1-3H3,(H,14,18)/t17-/m1/s1. The van der Waals surface area contributed by atoms with E-state index in [0.717, 1.165) is 11.4 Å². The largest absolute Gasteiger partial charge is 0.497 e. The van der Waals surface area contributed by atoms with Gasteiger partial charge in [0, 0.05) is 5.69 Å². The zero-order valence-corrected chi connectivity index (χ0v) is 14.1. The molecule has 0 aliphatic heterocycles. The lowest BCUT2D eigenvalue weighted by Crippen LogP contribution is -2.24. The molecule has 0 saturated heterocycles. The molecule has 18 heavy (non-hydrogen) atoms. The number of ether oxygens (including phenoxy) is 1. The minimum atomic E-state index is -2.55. The molecule has 3 nitrogen and oxygen atoms in total. The molecule has 0 aliphatic rings. The highest BCUT2D eigenvalue weighted by molar-refractivity contribution is 8.16. The number of hydrogen-bond donors (Lipinski definition) is 1. The first kappa shape index (κ1) is 16.4. The first-order chi connectivity index (χ1) is 8.20. The summed E-state index contributed by atoms with van der Waals surface area (Å²) in [7, 11) is 5.19. The van der Waals surface area contributed by atoms with E-state index < -0.39 is 9.87 Å². The molecule has 0 aliphatic carbocycles. The van der Waals surface area contributed by atoms with E-state index in [-0.39, 0.29) is 0 Å². The lowest BCUT2D eigenvalue weighted by molar-refractivity contribution is 0.415. The SMILES string of the molecule is COc1ccc(N[P@@](=S)(N(C)C)C(Cl)(Cl)Cl)cc1. The van der Waals surface area contributed by atoms with Crippen molar-refractivity contribution in [2.24, 2.45) is 0 Å². The molecule has 1 rings (SSSR count). The fourth-order valence-electron chi connectivity index (χ4n) is 1.23. The van der Waals surface area contributed by atoms with Crippen molar-refractivity contribution in [1.82, 2.24) is 4.67 Å². The Hall–Kier alpha value is 0.300. The Bertz CT molecular complexity index is 447. The monoisotopic (exact) mass is 346 g/mol. The van der Waals surface area contributed by atoms with E-state index in [1.54, 1.807) is 25.9 Å². The van der Waals surface area contributed by atoms with E-state index in [1.807, 2.05) is 24.3 Å². The average Bonchev–Trinajstić information content (AvgIpc) is 2.28. The summed E-state index contributed by atoms with van der Waals surface area (Å²) in [5.41, 5.74) is 0.791. The van der Waals surface area contributed by atoms with Crippen LogP contribution in [0, 0.1) is 0 Å². The number of nitrogens with zero attached hydrogens (tertiary/aromatic N) is 1. The predicted molar refractivity (Wildman–Crippen MR) is 84.9 cm³/mol. The van der Waals surface area contributed by atoms with Gasteiger partial charge < -0.3 is 9.82 Å². The van der Waals surface area contributed by atoms with E-state index in [9.17, 15) is 0 Å². The van der Waals surface area contributed by atoms with Crippen LogP contribution in [0.4, 0.5) is 5.69 Å². The molecule has 0 amide bonds. The quantitative estimate of drug-likeness (QED) is 0.648. The number of benzene rings is 1.